The third-order valence-electron chi connectivity index (χ3n) is 20.2. The van der Waals surface area contributed by atoms with E-state index in [9.17, 15) is 101 Å². The number of aliphatic carboxylic acids is 4. The minimum atomic E-state index is -4.90. The molecular formula is C89H155N10O26P. The number of primary amides is 1. The predicted molar refractivity (Wildman–Crippen MR) is 474 cm³/mol. The number of unbranched alkanes of at least 4 members (excludes halogenated alkanes) is 22. The van der Waals surface area contributed by atoms with Crippen LogP contribution in [0.3, 0.4) is 0 Å². The maximum absolute atomic E-state index is 14.4. The normalized spacial score (nSPS) is 14.2. The van der Waals surface area contributed by atoms with Gasteiger partial charge in [0, 0.05) is 57.9 Å². The van der Waals surface area contributed by atoms with Crippen molar-refractivity contribution in [2.24, 2.45) is 29.4 Å². The molecule has 0 heterocycles. The summed E-state index contributed by atoms with van der Waals surface area (Å²) in [5.74, 6) is -18.1. The second-order valence-electron chi connectivity index (χ2n) is 34.1. The molecule has 36 nitrogen and oxygen atoms in total. The van der Waals surface area contributed by atoms with Crippen LogP contribution in [0.1, 0.15) is 339 Å². The molecule has 0 aliphatic heterocycles. The van der Waals surface area contributed by atoms with Crippen molar-refractivity contribution in [2.45, 2.75) is 393 Å². The van der Waals surface area contributed by atoms with Crippen LogP contribution in [0, 0.1) is 23.7 Å². The van der Waals surface area contributed by atoms with Gasteiger partial charge in [-0.1, -0.05) is 196 Å². The van der Waals surface area contributed by atoms with Gasteiger partial charge in [-0.05, 0) is 139 Å². The number of nitrogens with two attached hydrogens (primary N) is 1. The molecule has 722 valence electrons. The van der Waals surface area contributed by atoms with Crippen LogP contribution in [0.4, 0.5) is 0 Å². The largest absolute Gasteiger partial charge is 0.481 e. The Morgan fingerprint density at radius 3 is 0.952 bits per heavy atom. The van der Waals surface area contributed by atoms with E-state index in [0.717, 1.165) is 77.0 Å². The molecule has 0 aromatic rings. The maximum Gasteiger partial charge on any atom is 0.472 e. The van der Waals surface area contributed by atoms with Gasteiger partial charge in [0.15, 0.2) is 6.10 Å². The number of carbonyl (C=O) groups is 16. The number of phosphoric acid groups is 1. The van der Waals surface area contributed by atoms with E-state index in [2.05, 4.69) is 86.0 Å². The van der Waals surface area contributed by atoms with Gasteiger partial charge in [0.05, 0.1) is 13.2 Å². The number of amides is 10. The Morgan fingerprint density at radius 1 is 0.333 bits per heavy atom. The van der Waals surface area contributed by atoms with Gasteiger partial charge in [0.1, 0.15) is 54.9 Å². The number of phosphoric ester groups is 1. The summed E-state index contributed by atoms with van der Waals surface area (Å²) in [5, 5.41) is 60.3. The number of esters is 2. The van der Waals surface area contributed by atoms with Gasteiger partial charge in [-0.25, -0.2) is 4.57 Å². The molecule has 0 aliphatic rings. The van der Waals surface area contributed by atoms with Crippen LogP contribution < -0.4 is 53.6 Å². The SMILES string of the molecule is CCCCCCCC/C=C\CCCCCCCC(=O)OC[C@H](COP(=O)(O)OCCNC(=O)CCC(=O)N[C@@H](CC(C)C)C(=O)N[C@@H](CCC(=O)O)C(=O)N[C@@H](CC(C)C)C(=O)N[C@@H](CCC(=O)O)C(=O)N[C@@H](CC(C)C)C(=O)N[C@@H](CCC(=O)O)C(=O)N[C@@H](CC(C)C)C(=O)N[C@@H](CCC(=O)O)C(N)=O)OC(=O)CCCCCCC/C=C\CCCCCCCC. The monoisotopic (exact) mass is 1810 g/mol. The summed E-state index contributed by atoms with van der Waals surface area (Å²) in [4.78, 5) is 221. The number of hydrogen-bond acceptors (Lipinski definition) is 21. The molecule has 10 amide bonds. The smallest absolute Gasteiger partial charge is 0.472 e. The minimum Gasteiger partial charge on any atom is -0.481 e. The van der Waals surface area contributed by atoms with Crippen molar-refractivity contribution >= 4 is 103 Å². The van der Waals surface area contributed by atoms with E-state index in [1.807, 2.05) is 0 Å². The fraction of sp³-hybridized carbons (Fsp3) is 0.775. The number of hydrogen-bond donors (Lipinski definition) is 15. The van der Waals surface area contributed by atoms with Crippen LogP contribution in [-0.2, 0) is 99.8 Å². The van der Waals surface area contributed by atoms with E-state index >= 15 is 0 Å². The van der Waals surface area contributed by atoms with E-state index in [1.165, 1.54) is 77.0 Å². The summed E-state index contributed by atoms with van der Waals surface area (Å²) in [6.45, 7) is 15.7. The zero-order chi connectivity index (χ0) is 94.8. The second-order valence-corrected chi connectivity index (χ2v) is 35.6. The fourth-order valence-corrected chi connectivity index (χ4v) is 14.1. The van der Waals surface area contributed by atoms with Crippen molar-refractivity contribution in [1.29, 1.82) is 0 Å². The highest BCUT2D eigenvalue weighted by molar-refractivity contribution is 7.47. The van der Waals surface area contributed by atoms with Crippen LogP contribution in [0.25, 0.3) is 0 Å². The molecule has 0 aromatic carbocycles. The average Bonchev–Trinajstić information content (AvgIpc) is 0.827. The second kappa shape index (κ2) is 71.1. The van der Waals surface area contributed by atoms with Crippen molar-refractivity contribution in [3.05, 3.63) is 24.3 Å². The Hall–Kier alpha value is -8.89. The highest BCUT2D eigenvalue weighted by atomic mass is 31.2. The summed E-state index contributed by atoms with van der Waals surface area (Å²) in [5.41, 5.74) is 5.42. The summed E-state index contributed by atoms with van der Waals surface area (Å²) in [6.07, 6.45) is 29.6. The summed E-state index contributed by atoms with van der Waals surface area (Å²) < 4.78 is 34.5. The van der Waals surface area contributed by atoms with Crippen LogP contribution in [-0.4, -0.2) is 201 Å². The number of carbonyl (C=O) groups excluding carboxylic acids is 12. The van der Waals surface area contributed by atoms with Crippen LogP contribution in [0.2, 0.25) is 0 Å². The Kier molecular flexibility index (Phi) is 66.1. The van der Waals surface area contributed by atoms with Crippen LogP contribution in [0.5, 0.6) is 0 Å². The Labute approximate surface area is 745 Å². The van der Waals surface area contributed by atoms with E-state index in [4.69, 9.17) is 29.4 Å². The molecule has 0 spiro atoms. The molecule has 0 aliphatic carbocycles. The van der Waals surface area contributed by atoms with E-state index in [-0.39, 0.29) is 56.9 Å². The van der Waals surface area contributed by atoms with Crippen molar-refractivity contribution in [3.8, 4) is 0 Å². The third-order valence-corrected chi connectivity index (χ3v) is 21.2. The Bertz CT molecular complexity index is 3370. The number of ether oxygens (including phenoxy) is 2. The van der Waals surface area contributed by atoms with Gasteiger partial charge in [-0.15, -0.1) is 0 Å². The van der Waals surface area contributed by atoms with E-state index in [1.54, 1.807) is 55.4 Å². The molecule has 0 aromatic heterocycles. The molecule has 16 N–H and O–H groups in total. The summed E-state index contributed by atoms with van der Waals surface area (Å²) in [7, 11) is -4.90. The molecular weight excluding hydrogens is 1660 g/mol. The van der Waals surface area contributed by atoms with Gasteiger partial charge in [0.25, 0.3) is 0 Å². The lowest BCUT2D eigenvalue weighted by atomic mass is 9.99. The number of allylic oxidation sites excluding steroid dienone is 4. The number of rotatable bonds is 79. The zero-order valence-electron chi connectivity index (χ0n) is 76.7. The lowest BCUT2D eigenvalue weighted by molar-refractivity contribution is -0.161. The quantitative estimate of drug-likeness (QED) is 0.0116. The molecule has 0 bridgehead atoms. The Balaban J connectivity index is 6.25. The first-order valence-electron chi connectivity index (χ1n) is 45.8. The molecule has 0 fully saturated rings. The summed E-state index contributed by atoms with van der Waals surface area (Å²) >= 11 is 0. The molecule has 126 heavy (non-hydrogen) atoms. The van der Waals surface area contributed by atoms with Gasteiger partial charge in [-0.3, -0.25) is 85.8 Å². The van der Waals surface area contributed by atoms with Crippen LogP contribution in [0.15, 0.2) is 24.3 Å². The summed E-state index contributed by atoms with van der Waals surface area (Å²) in [6, 6.07) is -12.7. The third kappa shape index (κ3) is 63.9. The highest BCUT2D eigenvalue weighted by Crippen LogP contribution is 2.43. The van der Waals surface area contributed by atoms with E-state index < -0.39 is 253 Å². The van der Waals surface area contributed by atoms with Crippen LogP contribution >= 0.6 is 7.82 Å². The zero-order valence-corrected chi connectivity index (χ0v) is 77.6. The average molecular weight is 1810 g/mol. The first-order chi connectivity index (χ1) is 59.7. The molecule has 1 unspecified atom stereocenters. The first-order valence-corrected chi connectivity index (χ1v) is 47.3. The Morgan fingerprint density at radius 2 is 0.619 bits per heavy atom. The molecule has 37 heteroatoms. The van der Waals surface area contributed by atoms with E-state index in [0.29, 0.717) is 12.8 Å². The van der Waals surface area contributed by atoms with Gasteiger partial charge >= 0.3 is 43.6 Å². The molecule has 10 atom stereocenters. The minimum absolute atomic E-state index is 0.0535. The van der Waals surface area contributed by atoms with Crippen molar-refractivity contribution < 1.29 is 125 Å². The number of carboxylic acid groups (broad SMARTS) is 4. The molecule has 0 saturated heterocycles. The number of carboxylic acids is 4. The number of nitrogens with one attached hydrogen (secondary N) is 9. The van der Waals surface area contributed by atoms with Gasteiger partial charge in [-0.2, -0.15) is 0 Å². The van der Waals surface area contributed by atoms with Crippen molar-refractivity contribution in [2.75, 3.05) is 26.4 Å². The van der Waals surface area contributed by atoms with Crippen molar-refractivity contribution in [3.63, 3.8) is 0 Å². The molecule has 0 radical (unpaired) electrons. The maximum atomic E-state index is 14.4. The topological polar surface area (TPSA) is 563 Å². The molecule has 0 saturated carbocycles. The fourth-order valence-electron chi connectivity index (χ4n) is 13.3. The highest BCUT2D eigenvalue weighted by Gasteiger charge is 2.37. The predicted octanol–water partition coefficient (Wildman–Crippen LogP) is 10.6. The molecule has 0 rings (SSSR count). The van der Waals surface area contributed by atoms with Gasteiger partial charge < -0.3 is 88.4 Å². The lowest BCUT2D eigenvalue weighted by Crippen LogP contribution is -2.60. The first kappa shape index (κ1) is 117. The standard InChI is InChI=1S/C89H155N10O26P/c1-11-13-15-17-19-21-23-25-27-29-31-33-35-37-39-41-80(110)122-59-65(125-81(111)42-40-38-36-34-32-30-28-26-24-22-20-18-16-14-12-2)60-124-126(120,121)123-54-53-91-74(100)47-48-75(101)92-70(55-61(3)4)86(116)94-67(44-50-77(104)105)83(113)98-72(57-63(7)8)88(118)96-69(46-52-79(108)109)85(115)99-73(58-64(9)10)89(119)95-68(45-51-78(106)107)84(114)97-71(56-62(5)6)87(117)93-66(82(90)112)43-49-76(102)103/h25-28,61-73H,11-24,29-60H2,1-10H3,(H2,90,112)(H,91,100)(H,92,101)(H,93,117)(H,94,116)(H,95,119)(H,96,118)(H,97,114)(H,98,113)(H,99,115)(H,102,103)(H,104,105)(H,106,107)(H,108,109)(H,120,121)/b27-25-,28-26-/t65-,66+,67+,68+,69+,70+,71+,72+,73+/m1/s1. The lowest BCUT2D eigenvalue weighted by Gasteiger charge is -2.29. The van der Waals surface area contributed by atoms with Gasteiger partial charge in [0.2, 0.25) is 59.1 Å². The van der Waals surface area contributed by atoms with Crippen molar-refractivity contribution in [1.82, 2.24) is 47.9 Å².